The van der Waals surface area contributed by atoms with E-state index in [1.807, 2.05) is 72.5 Å². The predicted molar refractivity (Wildman–Crippen MR) is 131 cm³/mol. The Morgan fingerprint density at radius 2 is 1.59 bits per heavy atom. The summed E-state index contributed by atoms with van der Waals surface area (Å²) in [5.74, 6) is 0.598. The number of ketones is 1. The van der Waals surface area contributed by atoms with Gasteiger partial charge >= 0.3 is 0 Å². The molecule has 1 amide bonds. The highest BCUT2D eigenvalue weighted by Crippen LogP contribution is 2.25. The van der Waals surface area contributed by atoms with E-state index in [4.69, 9.17) is 11.6 Å². The molecule has 32 heavy (non-hydrogen) atoms. The van der Waals surface area contributed by atoms with E-state index in [9.17, 15) is 9.59 Å². The summed E-state index contributed by atoms with van der Waals surface area (Å²) in [4.78, 5) is 30.8. The first-order valence-corrected chi connectivity index (χ1v) is 11.4. The minimum absolute atomic E-state index is 0.0780. The van der Waals surface area contributed by atoms with Gasteiger partial charge in [0, 0.05) is 36.8 Å². The number of halogens is 1. The van der Waals surface area contributed by atoms with Crippen molar-refractivity contribution in [3.8, 4) is 11.1 Å². The van der Waals surface area contributed by atoms with Gasteiger partial charge in [0.1, 0.15) is 5.15 Å². The number of carbonyl (C=O) groups is 2. The van der Waals surface area contributed by atoms with Crippen LogP contribution in [0.3, 0.4) is 0 Å². The molecule has 0 aliphatic carbocycles. The Kier molecular flexibility index (Phi) is 8.18. The molecule has 0 aliphatic heterocycles. The van der Waals surface area contributed by atoms with Gasteiger partial charge in [-0.25, -0.2) is 4.98 Å². The standard InChI is InChI=1S/C27H29ClN2O2/c1-4-26(32)30(18-19(2)3)24-14-11-21(12-15-24)20-7-9-22(10-8-20)25(31)16-13-23-6-5-17-29-27(23)28/h5-12,14-15,17,19H,4,13,16,18H2,1-3H3. The number of carbonyl (C=O) groups excluding carboxylic acids is 2. The van der Waals surface area contributed by atoms with Gasteiger partial charge in [0.15, 0.2) is 5.78 Å². The van der Waals surface area contributed by atoms with Crippen LogP contribution in [-0.2, 0) is 11.2 Å². The van der Waals surface area contributed by atoms with Crippen LogP contribution in [0.15, 0.2) is 66.9 Å². The van der Waals surface area contributed by atoms with Crippen LogP contribution in [0.4, 0.5) is 5.69 Å². The van der Waals surface area contributed by atoms with Crippen LogP contribution in [0.1, 0.15) is 49.5 Å². The van der Waals surface area contributed by atoms with Crippen molar-refractivity contribution in [2.75, 3.05) is 11.4 Å². The van der Waals surface area contributed by atoms with Gasteiger partial charge in [-0.1, -0.05) is 74.8 Å². The van der Waals surface area contributed by atoms with Gasteiger partial charge in [0.25, 0.3) is 0 Å². The van der Waals surface area contributed by atoms with Gasteiger partial charge in [-0.05, 0) is 47.2 Å². The molecule has 0 unspecified atom stereocenters. The van der Waals surface area contributed by atoms with Crippen LogP contribution in [0.25, 0.3) is 11.1 Å². The average molecular weight is 449 g/mol. The molecule has 0 spiro atoms. The summed E-state index contributed by atoms with van der Waals surface area (Å²) >= 11 is 6.08. The number of Topliss-reactive ketones (excluding diaryl/α,β-unsaturated/α-hetero) is 1. The van der Waals surface area contributed by atoms with Crippen molar-refractivity contribution in [1.29, 1.82) is 0 Å². The summed E-state index contributed by atoms with van der Waals surface area (Å²) in [6.07, 6.45) is 3.08. The molecule has 0 N–H and O–H groups in total. The number of hydrogen-bond acceptors (Lipinski definition) is 3. The fraction of sp³-hybridized carbons (Fsp3) is 0.296. The molecule has 0 saturated heterocycles. The molecule has 0 radical (unpaired) electrons. The SMILES string of the molecule is CCC(=O)N(CC(C)C)c1ccc(-c2ccc(C(=O)CCc3cccnc3Cl)cc2)cc1. The van der Waals surface area contributed by atoms with Crippen LogP contribution in [-0.4, -0.2) is 23.2 Å². The summed E-state index contributed by atoms with van der Waals surface area (Å²) in [6, 6.07) is 19.4. The molecule has 1 aromatic heterocycles. The lowest BCUT2D eigenvalue weighted by atomic mass is 9.99. The van der Waals surface area contributed by atoms with E-state index in [1.165, 1.54) is 0 Å². The van der Waals surface area contributed by atoms with E-state index in [2.05, 4.69) is 18.8 Å². The molecule has 1 heterocycles. The quantitative estimate of drug-likeness (QED) is 0.273. The van der Waals surface area contributed by atoms with Crippen LogP contribution < -0.4 is 4.90 Å². The summed E-state index contributed by atoms with van der Waals surface area (Å²) in [5, 5.41) is 0.451. The summed E-state index contributed by atoms with van der Waals surface area (Å²) in [7, 11) is 0. The summed E-state index contributed by atoms with van der Waals surface area (Å²) in [6.45, 7) is 6.81. The van der Waals surface area contributed by atoms with Crippen molar-refractivity contribution >= 4 is 29.0 Å². The highest BCUT2D eigenvalue weighted by molar-refractivity contribution is 6.30. The fourth-order valence-electron chi connectivity index (χ4n) is 3.59. The van der Waals surface area contributed by atoms with E-state index < -0.39 is 0 Å². The monoisotopic (exact) mass is 448 g/mol. The third-order valence-corrected chi connectivity index (χ3v) is 5.67. The molecule has 0 aliphatic rings. The minimum atomic E-state index is 0.0780. The first-order chi connectivity index (χ1) is 15.4. The lowest BCUT2D eigenvalue weighted by Gasteiger charge is -2.24. The Hall–Kier alpha value is -2.98. The molecule has 2 aromatic carbocycles. The highest BCUT2D eigenvalue weighted by Gasteiger charge is 2.15. The second-order valence-corrected chi connectivity index (χ2v) is 8.61. The molecule has 4 nitrogen and oxygen atoms in total. The van der Waals surface area contributed by atoms with Gasteiger partial charge in [0.2, 0.25) is 5.91 Å². The second-order valence-electron chi connectivity index (χ2n) is 8.25. The molecule has 0 atom stereocenters. The zero-order valence-electron chi connectivity index (χ0n) is 18.8. The molecule has 3 aromatic rings. The Morgan fingerprint density at radius 3 is 2.16 bits per heavy atom. The first kappa shape index (κ1) is 23.7. The first-order valence-electron chi connectivity index (χ1n) is 11.0. The number of amides is 1. The Balaban J connectivity index is 1.68. The van der Waals surface area contributed by atoms with Crippen molar-refractivity contribution in [2.24, 2.45) is 5.92 Å². The topological polar surface area (TPSA) is 50.3 Å². The van der Waals surface area contributed by atoms with Crippen molar-refractivity contribution in [1.82, 2.24) is 4.98 Å². The van der Waals surface area contributed by atoms with Gasteiger partial charge < -0.3 is 4.90 Å². The maximum absolute atomic E-state index is 12.6. The van der Waals surface area contributed by atoms with Crippen LogP contribution in [0.2, 0.25) is 5.15 Å². The largest absolute Gasteiger partial charge is 0.312 e. The Labute approximate surface area is 195 Å². The van der Waals surface area contributed by atoms with E-state index in [0.717, 1.165) is 22.4 Å². The number of aromatic nitrogens is 1. The van der Waals surface area contributed by atoms with E-state index in [-0.39, 0.29) is 11.7 Å². The number of pyridine rings is 1. The second kappa shape index (κ2) is 11.1. The maximum Gasteiger partial charge on any atom is 0.226 e. The molecule has 0 saturated carbocycles. The van der Waals surface area contributed by atoms with Crippen LogP contribution >= 0.6 is 11.6 Å². The van der Waals surface area contributed by atoms with Gasteiger partial charge in [0.05, 0.1) is 0 Å². The van der Waals surface area contributed by atoms with Crippen molar-refractivity contribution in [3.05, 3.63) is 83.1 Å². The Morgan fingerprint density at radius 1 is 0.969 bits per heavy atom. The van der Waals surface area contributed by atoms with Crippen molar-refractivity contribution in [3.63, 3.8) is 0 Å². The van der Waals surface area contributed by atoms with Gasteiger partial charge in [-0.2, -0.15) is 0 Å². The van der Waals surface area contributed by atoms with E-state index in [1.54, 1.807) is 6.20 Å². The zero-order valence-corrected chi connectivity index (χ0v) is 19.6. The molecule has 3 rings (SSSR count). The lowest BCUT2D eigenvalue weighted by molar-refractivity contribution is -0.118. The molecule has 5 heteroatoms. The fourth-order valence-corrected chi connectivity index (χ4v) is 3.80. The average Bonchev–Trinajstić information content (AvgIpc) is 2.81. The lowest BCUT2D eigenvalue weighted by Crippen LogP contribution is -2.33. The maximum atomic E-state index is 12.6. The van der Waals surface area contributed by atoms with Crippen molar-refractivity contribution < 1.29 is 9.59 Å². The summed E-state index contributed by atoms with van der Waals surface area (Å²) < 4.78 is 0. The predicted octanol–water partition coefficient (Wildman–Crippen LogP) is 6.62. The molecular weight excluding hydrogens is 420 g/mol. The number of aryl methyl sites for hydroxylation is 1. The van der Waals surface area contributed by atoms with E-state index in [0.29, 0.717) is 42.4 Å². The third kappa shape index (κ3) is 6.04. The van der Waals surface area contributed by atoms with Crippen LogP contribution in [0, 0.1) is 5.92 Å². The number of benzene rings is 2. The minimum Gasteiger partial charge on any atom is -0.312 e. The zero-order chi connectivity index (χ0) is 23.1. The van der Waals surface area contributed by atoms with Crippen molar-refractivity contribution in [2.45, 2.75) is 40.0 Å². The third-order valence-electron chi connectivity index (χ3n) is 5.33. The highest BCUT2D eigenvalue weighted by atomic mass is 35.5. The molecule has 0 fully saturated rings. The summed E-state index contributed by atoms with van der Waals surface area (Å²) in [5.41, 5.74) is 4.55. The Bertz CT molecular complexity index is 1060. The smallest absolute Gasteiger partial charge is 0.226 e. The number of nitrogens with zero attached hydrogens (tertiary/aromatic N) is 2. The number of hydrogen-bond donors (Lipinski definition) is 0. The van der Waals surface area contributed by atoms with Gasteiger partial charge in [-0.3, -0.25) is 9.59 Å². The number of anilines is 1. The molecule has 166 valence electrons. The molecule has 0 bridgehead atoms. The van der Waals surface area contributed by atoms with Crippen LogP contribution in [0.5, 0.6) is 0 Å². The van der Waals surface area contributed by atoms with Gasteiger partial charge in [-0.15, -0.1) is 0 Å². The normalized spacial score (nSPS) is 10.9. The number of rotatable bonds is 9. The van der Waals surface area contributed by atoms with E-state index >= 15 is 0 Å². The molecular formula is C27H29ClN2O2.